The first-order chi connectivity index (χ1) is 7.34. The monoisotopic (exact) mass is 197 g/mol. The van der Waals surface area contributed by atoms with Crippen LogP contribution < -0.4 is 0 Å². The number of rotatable bonds is 1. The molecule has 3 heteroatoms. The molecule has 1 heterocycles. The van der Waals surface area contributed by atoms with Gasteiger partial charge in [0.1, 0.15) is 5.82 Å². The number of hydrogen-bond acceptors (Lipinski definition) is 2. The molecule has 0 spiro atoms. The Hall–Kier alpha value is -1.90. The van der Waals surface area contributed by atoms with Gasteiger partial charge in [0.25, 0.3) is 0 Å². The molecule has 1 atom stereocenters. The highest BCUT2D eigenvalue weighted by Crippen LogP contribution is 2.25. The summed E-state index contributed by atoms with van der Waals surface area (Å²) in [5.41, 5.74) is 2.73. The lowest BCUT2D eigenvalue weighted by Gasteiger charge is -2.03. The highest BCUT2D eigenvalue weighted by atomic mass is 14.9. The summed E-state index contributed by atoms with van der Waals surface area (Å²) < 4.78 is 0. The van der Waals surface area contributed by atoms with Crippen molar-refractivity contribution in [2.75, 3.05) is 0 Å². The lowest BCUT2D eigenvalue weighted by molar-refractivity contribution is 0.997. The van der Waals surface area contributed by atoms with Gasteiger partial charge in [0.05, 0.1) is 17.0 Å². The van der Waals surface area contributed by atoms with E-state index in [1.165, 1.54) is 0 Å². The smallest absolute Gasteiger partial charge is 0.119 e. The Balaban J connectivity index is 2.12. The van der Waals surface area contributed by atoms with E-state index in [0.29, 0.717) is 5.71 Å². The number of para-hydroxylation sites is 2. The normalized spacial score (nSPS) is 20.3. The molecular formula is C12H11N3. The Morgan fingerprint density at radius 3 is 2.93 bits per heavy atom. The van der Waals surface area contributed by atoms with Gasteiger partial charge < -0.3 is 10.4 Å². The molecule has 3 nitrogen and oxygen atoms in total. The number of imidazole rings is 1. The summed E-state index contributed by atoms with van der Waals surface area (Å²) in [5, 5.41) is 7.79. The Kier molecular flexibility index (Phi) is 1.71. The number of hydrogen-bond donors (Lipinski definition) is 2. The number of nitrogens with zero attached hydrogens (tertiary/aromatic N) is 1. The van der Waals surface area contributed by atoms with Gasteiger partial charge in [0.15, 0.2) is 0 Å². The van der Waals surface area contributed by atoms with Crippen molar-refractivity contribution in [1.29, 1.82) is 5.41 Å². The third-order valence-electron chi connectivity index (χ3n) is 2.74. The van der Waals surface area contributed by atoms with Crippen LogP contribution in [-0.2, 0) is 0 Å². The Labute approximate surface area is 87.4 Å². The van der Waals surface area contributed by atoms with Crippen LogP contribution in [0.25, 0.3) is 11.0 Å². The van der Waals surface area contributed by atoms with Crippen molar-refractivity contribution in [3.05, 3.63) is 42.2 Å². The van der Waals surface area contributed by atoms with Crippen molar-refractivity contribution in [3.8, 4) is 0 Å². The predicted octanol–water partition coefficient (Wildman–Crippen LogP) is 2.63. The highest BCUT2D eigenvalue weighted by molar-refractivity contribution is 5.93. The quantitative estimate of drug-likeness (QED) is 0.678. The van der Waals surface area contributed by atoms with Crippen molar-refractivity contribution >= 4 is 16.7 Å². The fourth-order valence-electron chi connectivity index (χ4n) is 1.95. The Morgan fingerprint density at radius 2 is 2.20 bits per heavy atom. The van der Waals surface area contributed by atoms with Crippen molar-refractivity contribution in [1.82, 2.24) is 9.97 Å². The zero-order valence-corrected chi connectivity index (χ0v) is 8.20. The molecule has 1 aromatic heterocycles. The Morgan fingerprint density at radius 1 is 1.33 bits per heavy atom. The van der Waals surface area contributed by atoms with E-state index in [0.717, 1.165) is 23.3 Å². The molecule has 2 aromatic rings. The van der Waals surface area contributed by atoms with Crippen LogP contribution in [0.3, 0.4) is 0 Å². The molecule has 0 radical (unpaired) electrons. The average molecular weight is 197 g/mol. The Bertz CT molecular complexity index is 518. The number of fused-ring (bicyclic) bond motifs is 1. The third-order valence-corrected chi connectivity index (χ3v) is 2.74. The summed E-state index contributed by atoms with van der Waals surface area (Å²) in [5.74, 6) is 0.937. The maximum Gasteiger partial charge on any atom is 0.119 e. The van der Waals surface area contributed by atoms with Gasteiger partial charge in [-0.05, 0) is 12.1 Å². The molecule has 1 aromatic carbocycles. The SMILES string of the molecule is N=C1CC=CC1c1nc2ccccc2[nH]1. The van der Waals surface area contributed by atoms with Crippen LogP contribution in [0.5, 0.6) is 0 Å². The number of aromatic amines is 1. The van der Waals surface area contributed by atoms with E-state index < -0.39 is 0 Å². The zero-order chi connectivity index (χ0) is 10.3. The molecule has 0 saturated heterocycles. The van der Waals surface area contributed by atoms with Crippen LogP contribution in [0.2, 0.25) is 0 Å². The first-order valence-corrected chi connectivity index (χ1v) is 5.03. The van der Waals surface area contributed by atoms with E-state index >= 15 is 0 Å². The van der Waals surface area contributed by atoms with E-state index in [4.69, 9.17) is 5.41 Å². The molecule has 1 unspecified atom stereocenters. The average Bonchev–Trinajstić information content (AvgIpc) is 2.82. The summed E-state index contributed by atoms with van der Waals surface area (Å²) in [6, 6.07) is 7.95. The summed E-state index contributed by atoms with van der Waals surface area (Å²) in [4.78, 5) is 7.76. The van der Waals surface area contributed by atoms with Crippen molar-refractivity contribution < 1.29 is 0 Å². The number of nitrogens with one attached hydrogen (secondary N) is 2. The van der Waals surface area contributed by atoms with Gasteiger partial charge in [0, 0.05) is 12.1 Å². The molecule has 74 valence electrons. The standard InChI is InChI=1S/C12H11N3/c13-9-5-3-4-8(9)12-14-10-6-1-2-7-11(10)15-12/h1-4,6-8,13H,5H2,(H,14,15). The second kappa shape index (κ2) is 3.05. The summed E-state index contributed by atoms with van der Waals surface area (Å²) in [6.45, 7) is 0. The second-order valence-corrected chi connectivity index (χ2v) is 3.77. The van der Waals surface area contributed by atoms with E-state index in [1.807, 2.05) is 36.4 Å². The third kappa shape index (κ3) is 1.28. The molecule has 2 N–H and O–H groups in total. The largest absolute Gasteiger partial charge is 0.341 e. The second-order valence-electron chi connectivity index (χ2n) is 3.77. The molecule has 1 aliphatic carbocycles. The summed E-state index contributed by atoms with van der Waals surface area (Å²) in [7, 11) is 0. The minimum Gasteiger partial charge on any atom is -0.341 e. The van der Waals surface area contributed by atoms with Gasteiger partial charge in [0.2, 0.25) is 0 Å². The van der Waals surface area contributed by atoms with Crippen molar-refractivity contribution in [2.24, 2.45) is 0 Å². The van der Waals surface area contributed by atoms with E-state index in [1.54, 1.807) is 0 Å². The number of aromatic nitrogens is 2. The van der Waals surface area contributed by atoms with Gasteiger partial charge in [-0.3, -0.25) is 0 Å². The lowest BCUT2D eigenvalue weighted by atomic mass is 10.1. The van der Waals surface area contributed by atoms with Gasteiger partial charge in [-0.25, -0.2) is 4.98 Å². The summed E-state index contributed by atoms with van der Waals surface area (Å²) in [6.07, 6.45) is 4.82. The van der Waals surface area contributed by atoms with Crippen LogP contribution in [0, 0.1) is 5.41 Å². The van der Waals surface area contributed by atoms with Crippen LogP contribution in [0.1, 0.15) is 18.2 Å². The van der Waals surface area contributed by atoms with Gasteiger partial charge in [-0.15, -0.1) is 0 Å². The molecule has 0 saturated carbocycles. The number of allylic oxidation sites excluding steroid dienone is 2. The first kappa shape index (κ1) is 8.41. The molecule has 15 heavy (non-hydrogen) atoms. The molecule has 0 fully saturated rings. The predicted molar refractivity (Wildman–Crippen MR) is 60.3 cm³/mol. The van der Waals surface area contributed by atoms with Crippen LogP contribution in [0.4, 0.5) is 0 Å². The van der Waals surface area contributed by atoms with Gasteiger partial charge in [-0.1, -0.05) is 24.3 Å². The first-order valence-electron chi connectivity index (χ1n) is 5.03. The molecule has 0 amide bonds. The number of benzene rings is 1. The molecule has 0 bridgehead atoms. The van der Waals surface area contributed by atoms with Crippen LogP contribution >= 0.6 is 0 Å². The summed E-state index contributed by atoms with van der Waals surface area (Å²) >= 11 is 0. The molecule has 3 rings (SSSR count). The molecule has 1 aliphatic rings. The topological polar surface area (TPSA) is 52.5 Å². The van der Waals surface area contributed by atoms with Crippen molar-refractivity contribution in [3.63, 3.8) is 0 Å². The maximum absolute atomic E-state index is 7.79. The molecule has 0 aliphatic heterocycles. The van der Waals surface area contributed by atoms with E-state index in [-0.39, 0.29) is 5.92 Å². The van der Waals surface area contributed by atoms with Crippen molar-refractivity contribution in [2.45, 2.75) is 12.3 Å². The molecular weight excluding hydrogens is 186 g/mol. The van der Waals surface area contributed by atoms with E-state index in [9.17, 15) is 0 Å². The zero-order valence-electron chi connectivity index (χ0n) is 8.20. The fourth-order valence-corrected chi connectivity index (χ4v) is 1.95. The van der Waals surface area contributed by atoms with Gasteiger partial charge in [-0.2, -0.15) is 0 Å². The lowest BCUT2D eigenvalue weighted by Crippen LogP contribution is -2.05. The highest BCUT2D eigenvalue weighted by Gasteiger charge is 2.20. The van der Waals surface area contributed by atoms with Crippen LogP contribution in [-0.4, -0.2) is 15.7 Å². The van der Waals surface area contributed by atoms with Gasteiger partial charge >= 0.3 is 0 Å². The van der Waals surface area contributed by atoms with E-state index in [2.05, 4.69) is 9.97 Å². The number of H-pyrrole nitrogens is 1. The minimum atomic E-state index is 0.0531. The fraction of sp³-hybridized carbons (Fsp3) is 0.167. The van der Waals surface area contributed by atoms with Crippen LogP contribution in [0.15, 0.2) is 36.4 Å². The maximum atomic E-state index is 7.79. The minimum absolute atomic E-state index is 0.0531.